The topological polar surface area (TPSA) is 70.2 Å². The van der Waals surface area contributed by atoms with Gasteiger partial charge in [-0.15, -0.1) is 0 Å². The van der Waals surface area contributed by atoms with E-state index in [1.807, 2.05) is 12.3 Å². The largest absolute Gasteiger partial charge is 0.367 e. The molecule has 0 amide bonds. The number of rotatable bonds is 4. The average molecular weight is 189 g/mol. The Kier molecular flexibility index (Phi) is 2.88. The van der Waals surface area contributed by atoms with E-state index in [0.29, 0.717) is 12.8 Å². The van der Waals surface area contributed by atoms with Crippen LogP contribution in [0.25, 0.3) is 0 Å². The third-order valence-corrected chi connectivity index (χ3v) is 2.33. The van der Waals surface area contributed by atoms with Gasteiger partial charge in [-0.25, -0.2) is 0 Å². The molecule has 0 aliphatic rings. The first-order valence-corrected chi connectivity index (χ1v) is 5.26. The van der Waals surface area contributed by atoms with E-state index in [2.05, 4.69) is 4.98 Å². The van der Waals surface area contributed by atoms with Crippen molar-refractivity contribution in [1.29, 1.82) is 0 Å². The summed E-state index contributed by atoms with van der Waals surface area (Å²) in [6.45, 7) is 0. The molecule has 0 fully saturated rings. The fourth-order valence-electron chi connectivity index (χ4n) is 0.973. The molecule has 0 aliphatic carbocycles. The Labute approximate surface area is 71.4 Å². The van der Waals surface area contributed by atoms with E-state index in [0.717, 1.165) is 5.56 Å². The standard InChI is InChI=1S/C7H11NO3S/c9-12(10,11)5-1-2-7-3-4-8-6-7/h3-4,6,8H,1-2,5H2,(H,9,10,11). The molecule has 4 nitrogen and oxygen atoms in total. The van der Waals surface area contributed by atoms with Crippen molar-refractivity contribution in [3.63, 3.8) is 0 Å². The molecule has 68 valence electrons. The van der Waals surface area contributed by atoms with E-state index in [4.69, 9.17) is 4.55 Å². The molecule has 1 rings (SSSR count). The number of nitrogens with one attached hydrogen (secondary N) is 1. The van der Waals surface area contributed by atoms with Crippen LogP contribution in [0.5, 0.6) is 0 Å². The van der Waals surface area contributed by atoms with E-state index < -0.39 is 10.1 Å². The van der Waals surface area contributed by atoms with Crippen LogP contribution < -0.4 is 0 Å². The minimum absolute atomic E-state index is 0.168. The molecule has 1 heterocycles. The van der Waals surface area contributed by atoms with Gasteiger partial charge in [0.25, 0.3) is 10.1 Å². The Hall–Kier alpha value is -0.810. The predicted molar refractivity (Wildman–Crippen MR) is 45.5 cm³/mol. The molecule has 0 unspecified atom stereocenters. The lowest BCUT2D eigenvalue weighted by Gasteiger charge is -1.95. The molecule has 0 spiro atoms. The van der Waals surface area contributed by atoms with Gasteiger partial charge >= 0.3 is 0 Å². The lowest BCUT2D eigenvalue weighted by atomic mass is 10.2. The summed E-state index contributed by atoms with van der Waals surface area (Å²) in [6, 6.07) is 1.88. The van der Waals surface area contributed by atoms with Crippen molar-refractivity contribution in [2.75, 3.05) is 5.75 Å². The second-order valence-electron chi connectivity index (χ2n) is 2.61. The van der Waals surface area contributed by atoms with Crippen LogP contribution in [0.15, 0.2) is 18.5 Å². The van der Waals surface area contributed by atoms with Gasteiger partial charge in [0.2, 0.25) is 0 Å². The van der Waals surface area contributed by atoms with Crippen LogP contribution in [0.1, 0.15) is 12.0 Å². The molecular formula is C7H11NO3S. The average Bonchev–Trinajstić information content (AvgIpc) is 2.36. The first kappa shape index (κ1) is 9.28. The molecule has 0 aromatic carbocycles. The Morgan fingerprint density at radius 3 is 2.75 bits per heavy atom. The summed E-state index contributed by atoms with van der Waals surface area (Å²) in [5.41, 5.74) is 1.05. The van der Waals surface area contributed by atoms with Gasteiger partial charge < -0.3 is 4.98 Å². The number of aromatic nitrogens is 1. The molecule has 1 aromatic heterocycles. The van der Waals surface area contributed by atoms with Crippen molar-refractivity contribution in [2.45, 2.75) is 12.8 Å². The summed E-state index contributed by atoms with van der Waals surface area (Å²) in [5.74, 6) is -0.168. The van der Waals surface area contributed by atoms with Crippen LogP contribution in [-0.2, 0) is 16.5 Å². The molecule has 0 saturated carbocycles. The van der Waals surface area contributed by atoms with Gasteiger partial charge in [-0.1, -0.05) is 0 Å². The van der Waals surface area contributed by atoms with Crippen LogP contribution in [0.4, 0.5) is 0 Å². The first-order valence-electron chi connectivity index (χ1n) is 3.65. The van der Waals surface area contributed by atoms with Gasteiger partial charge in [0.05, 0.1) is 5.75 Å². The fourth-order valence-corrected chi connectivity index (χ4v) is 1.48. The normalized spacial score (nSPS) is 11.8. The summed E-state index contributed by atoms with van der Waals surface area (Å²) in [4.78, 5) is 2.87. The number of H-pyrrole nitrogens is 1. The second-order valence-corrected chi connectivity index (χ2v) is 4.18. The predicted octanol–water partition coefficient (Wildman–Crippen LogP) is 0.835. The van der Waals surface area contributed by atoms with E-state index in [9.17, 15) is 8.42 Å². The molecule has 0 bridgehead atoms. The number of hydrogen-bond donors (Lipinski definition) is 2. The fraction of sp³-hybridized carbons (Fsp3) is 0.429. The molecule has 5 heteroatoms. The molecular weight excluding hydrogens is 178 g/mol. The molecule has 0 aliphatic heterocycles. The number of aromatic amines is 1. The summed E-state index contributed by atoms with van der Waals surface area (Å²) >= 11 is 0. The zero-order valence-electron chi connectivity index (χ0n) is 6.53. The Bertz CT molecular complexity index is 314. The smallest absolute Gasteiger partial charge is 0.264 e. The van der Waals surface area contributed by atoms with Crippen LogP contribution >= 0.6 is 0 Å². The number of aryl methyl sites for hydroxylation is 1. The first-order chi connectivity index (χ1) is 5.58. The zero-order chi connectivity index (χ0) is 9.03. The van der Waals surface area contributed by atoms with E-state index >= 15 is 0 Å². The van der Waals surface area contributed by atoms with Gasteiger partial charge in [0.1, 0.15) is 0 Å². The van der Waals surface area contributed by atoms with E-state index in [-0.39, 0.29) is 5.75 Å². The van der Waals surface area contributed by atoms with Crippen LogP contribution in [0.2, 0.25) is 0 Å². The maximum atomic E-state index is 10.3. The number of hydrogen-bond acceptors (Lipinski definition) is 2. The summed E-state index contributed by atoms with van der Waals surface area (Å²) in [6.07, 6.45) is 4.72. The Morgan fingerprint density at radius 1 is 1.50 bits per heavy atom. The Balaban J connectivity index is 2.29. The lowest BCUT2D eigenvalue weighted by molar-refractivity contribution is 0.481. The molecule has 0 saturated heterocycles. The summed E-state index contributed by atoms with van der Waals surface area (Å²) in [5, 5.41) is 0. The summed E-state index contributed by atoms with van der Waals surface area (Å²) < 4.78 is 29.0. The van der Waals surface area contributed by atoms with Crippen molar-refractivity contribution < 1.29 is 13.0 Å². The third-order valence-electron chi connectivity index (χ3n) is 1.53. The zero-order valence-corrected chi connectivity index (χ0v) is 7.34. The van der Waals surface area contributed by atoms with Crippen molar-refractivity contribution in [3.8, 4) is 0 Å². The van der Waals surface area contributed by atoms with Gasteiger partial charge in [-0.05, 0) is 24.5 Å². The minimum Gasteiger partial charge on any atom is -0.367 e. The SMILES string of the molecule is O=S(=O)(O)CCCc1cc[nH]c1. The molecule has 2 N–H and O–H groups in total. The van der Waals surface area contributed by atoms with E-state index in [1.165, 1.54) is 0 Å². The minimum atomic E-state index is -3.79. The molecule has 12 heavy (non-hydrogen) atoms. The highest BCUT2D eigenvalue weighted by molar-refractivity contribution is 7.85. The quantitative estimate of drug-likeness (QED) is 0.689. The van der Waals surface area contributed by atoms with Crippen molar-refractivity contribution >= 4 is 10.1 Å². The lowest BCUT2D eigenvalue weighted by Crippen LogP contribution is -2.04. The van der Waals surface area contributed by atoms with Crippen molar-refractivity contribution in [1.82, 2.24) is 4.98 Å². The Morgan fingerprint density at radius 2 is 2.25 bits per heavy atom. The van der Waals surface area contributed by atoms with Crippen molar-refractivity contribution in [2.24, 2.45) is 0 Å². The molecule has 0 radical (unpaired) electrons. The summed E-state index contributed by atoms with van der Waals surface area (Å²) in [7, 11) is -3.79. The maximum Gasteiger partial charge on any atom is 0.264 e. The highest BCUT2D eigenvalue weighted by Crippen LogP contribution is 2.01. The van der Waals surface area contributed by atoms with Gasteiger partial charge in [-0.3, -0.25) is 4.55 Å². The van der Waals surface area contributed by atoms with Crippen LogP contribution in [0.3, 0.4) is 0 Å². The van der Waals surface area contributed by atoms with Gasteiger partial charge in [-0.2, -0.15) is 8.42 Å². The van der Waals surface area contributed by atoms with Gasteiger partial charge in [0, 0.05) is 12.4 Å². The second kappa shape index (κ2) is 3.73. The van der Waals surface area contributed by atoms with Crippen molar-refractivity contribution in [3.05, 3.63) is 24.0 Å². The third kappa shape index (κ3) is 3.54. The van der Waals surface area contributed by atoms with Gasteiger partial charge in [0.15, 0.2) is 0 Å². The molecule has 0 atom stereocenters. The highest BCUT2D eigenvalue weighted by Gasteiger charge is 2.03. The van der Waals surface area contributed by atoms with Crippen LogP contribution in [0, 0.1) is 0 Å². The van der Waals surface area contributed by atoms with E-state index in [1.54, 1.807) is 6.20 Å². The monoisotopic (exact) mass is 189 g/mol. The molecule has 1 aromatic rings. The van der Waals surface area contributed by atoms with Crippen LogP contribution in [-0.4, -0.2) is 23.7 Å². The maximum absolute atomic E-state index is 10.3. The highest BCUT2D eigenvalue weighted by atomic mass is 32.2.